The van der Waals surface area contributed by atoms with Crippen LogP contribution < -0.4 is 4.72 Å². The monoisotopic (exact) mass is 494 g/mol. The topological polar surface area (TPSA) is 104 Å². The number of carboxylic acid groups (broad SMARTS) is 1. The molecule has 0 aromatic heterocycles. The van der Waals surface area contributed by atoms with Crippen molar-refractivity contribution in [3.8, 4) is 0 Å². The van der Waals surface area contributed by atoms with E-state index in [0.29, 0.717) is 16.0 Å². The number of rotatable bonds is 9. The minimum atomic E-state index is -3.74. The quantitative estimate of drug-likeness (QED) is 0.466. The largest absolute Gasteiger partial charge is 0.480 e. The van der Waals surface area contributed by atoms with Gasteiger partial charge in [-0.1, -0.05) is 48.5 Å². The van der Waals surface area contributed by atoms with Gasteiger partial charge in [0.1, 0.15) is 6.54 Å². The fraction of sp³-hybridized carbons (Fsp3) is 0.259. The molecule has 0 unspecified atom stereocenters. The molecule has 184 valence electrons. The summed E-state index contributed by atoms with van der Waals surface area (Å²) in [5.74, 6) is -1.51. The summed E-state index contributed by atoms with van der Waals surface area (Å²) in [7, 11) is -3.74. The molecular formula is C27H30N2O5S. The van der Waals surface area contributed by atoms with Crippen LogP contribution in [0.5, 0.6) is 0 Å². The highest BCUT2D eigenvalue weighted by Gasteiger charge is 2.22. The van der Waals surface area contributed by atoms with Crippen LogP contribution in [0, 0.1) is 27.7 Å². The number of carbonyl (C=O) groups is 2. The highest BCUT2D eigenvalue weighted by molar-refractivity contribution is 7.89. The molecule has 0 radical (unpaired) electrons. The lowest BCUT2D eigenvalue weighted by molar-refractivity contribution is -0.137. The minimum absolute atomic E-state index is 0.0610. The molecule has 0 aliphatic carbocycles. The number of aliphatic carboxylic acids is 1. The second kappa shape index (κ2) is 10.8. The summed E-state index contributed by atoms with van der Waals surface area (Å²) >= 11 is 0. The predicted octanol–water partition coefficient (Wildman–Crippen LogP) is 4.13. The summed E-state index contributed by atoms with van der Waals surface area (Å²) in [6, 6.07) is 17.6. The smallest absolute Gasteiger partial charge is 0.323 e. The van der Waals surface area contributed by atoms with E-state index < -0.39 is 28.4 Å². The molecule has 7 nitrogen and oxygen atoms in total. The van der Waals surface area contributed by atoms with Crippen molar-refractivity contribution in [3.63, 3.8) is 0 Å². The van der Waals surface area contributed by atoms with E-state index in [-0.39, 0.29) is 13.1 Å². The molecule has 0 aliphatic heterocycles. The molecule has 2 N–H and O–H groups in total. The maximum atomic E-state index is 13.1. The van der Waals surface area contributed by atoms with Crippen LogP contribution in [-0.2, 0) is 27.9 Å². The van der Waals surface area contributed by atoms with E-state index in [0.717, 1.165) is 27.8 Å². The van der Waals surface area contributed by atoms with Crippen LogP contribution in [-0.4, -0.2) is 36.8 Å². The van der Waals surface area contributed by atoms with Crippen LogP contribution in [0.2, 0.25) is 0 Å². The first-order chi connectivity index (χ1) is 16.5. The van der Waals surface area contributed by atoms with Gasteiger partial charge in [-0.05, 0) is 73.2 Å². The maximum absolute atomic E-state index is 13.1. The summed E-state index contributed by atoms with van der Waals surface area (Å²) in [5, 5.41) is 9.26. The van der Waals surface area contributed by atoms with Crippen molar-refractivity contribution in [1.82, 2.24) is 9.62 Å². The van der Waals surface area contributed by atoms with Gasteiger partial charge in [0.2, 0.25) is 10.0 Å². The highest BCUT2D eigenvalue weighted by Crippen LogP contribution is 2.26. The third-order valence-corrected chi connectivity index (χ3v) is 7.74. The summed E-state index contributed by atoms with van der Waals surface area (Å²) in [5.41, 5.74) is 5.10. The molecule has 35 heavy (non-hydrogen) atoms. The number of nitrogens with one attached hydrogen (secondary N) is 1. The van der Waals surface area contributed by atoms with E-state index in [2.05, 4.69) is 4.72 Å². The van der Waals surface area contributed by atoms with Crippen molar-refractivity contribution in [2.45, 2.75) is 45.7 Å². The van der Waals surface area contributed by atoms with E-state index in [4.69, 9.17) is 0 Å². The van der Waals surface area contributed by atoms with Crippen molar-refractivity contribution in [2.75, 3.05) is 6.54 Å². The molecule has 0 fully saturated rings. The summed E-state index contributed by atoms with van der Waals surface area (Å²) in [6.07, 6.45) is 0. The zero-order valence-electron chi connectivity index (χ0n) is 20.3. The third-order valence-electron chi connectivity index (χ3n) is 6.06. The maximum Gasteiger partial charge on any atom is 0.323 e. The minimum Gasteiger partial charge on any atom is -0.480 e. The predicted molar refractivity (Wildman–Crippen MR) is 135 cm³/mol. The molecule has 8 heteroatoms. The Balaban J connectivity index is 1.75. The molecule has 0 saturated heterocycles. The fourth-order valence-corrected chi connectivity index (χ4v) is 5.58. The number of carbonyl (C=O) groups excluding carboxylic acids is 1. The number of sulfonamides is 1. The van der Waals surface area contributed by atoms with Gasteiger partial charge >= 0.3 is 5.97 Å². The van der Waals surface area contributed by atoms with E-state index in [1.807, 2.05) is 50.2 Å². The normalized spacial score (nSPS) is 11.3. The van der Waals surface area contributed by atoms with Crippen molar-refractivity contribution >= 4 is 21.9 Å². The number of benzene rings is 3. The van der Waals surface area contributed by atoms with Crippen molar-refractivity contribution in [1.29, 1.82) is 0 Å². The Morgan fingerprint density at radius 1 is 0.857 bits per heavy atom. The van der Waals surface area contributed by atoms with Crippen LogP contribution in [0.25, 0.3) is 0 Å². The van der Waals surface area contributed by atoms with Crippen molar-refractivity contribution in [3.05, 3.63) is 99.6 Å². The van der Waals surface area contributed by atoms with E-state index >= 15 is 0 Å². The molecule has 0 atom stereocenters. The molecule has 3 rings (SSSR count). The second-order valence-electron chi connectivity index (χ2n) is 8.65. The number of aryl methyl sites for hydroxylation is 2. The molecular weight excluding hydrogens is 464 g/mol. The van der Waals surface area contributed by atoms with Gasteiger partial charge in [-0.2, -0.15) is 0 Å². The number of carboxylic acids is 1. The average molecular weight is 495 g/mol. The number of amides is 1. The molecule has 0 saturated carbocycles. The van der Waals surface area contributed by atoms with E-state index in [1.54, 1.807) is 38.1 Å². The zero-order chi connectivity index (χ0) is 25.8. The van der Waals surface area contributed by atoms with Gasteiger partial charge in [0.15, 0.2) is 0 Å². The Morgan fingerprint density at radius 2 is 1.43 bits per heavy atom. The average Bonchev–Trinajstić information content (AvgIpc) is 2.81. The fourth-order valence-electron chi connectivity index (χ4n) is 3.95. The van der Waals surface area contributed by atoms with Crippen LogP contribution >= 0.6 is 0 Å². The first-order valence-electron chi connectivity index (χ1n) is 11.2. The van der Waals surface area contributed by atoms with Gasteiger partial charge in [-0.3, -0.25) is 9.59 Å². The lowest BCUT2D eigenvalue weighted by Gasteiger charge is -2.21. The molecule has 3 aromatic carbocycles. The Labute approximate surface area is 206 Å². The van der Waals surface area contributed by atoms with Crippen molar-refractivity contribution in [2.24, 2.45) is 0 Å². The standard InChI is InChI=1S/C27H30N2O5S/c1-18-14-19(2)21(4)26(20(18)3)35(33,34)28-15-22-10-12-24(13-11-22)27(32)29(17-25(30)31)16-23-8-6-5-7-9-23/h5-14,28H,15-17H2,1-4H3,(H,30,31). The van der Waals surface area contributed by atoms with Crippen LogP contribution in [0.3, 0.4) is 0 Å². The van der Waals surface area contributed by atoms with Gasteiger partial charge in [-0.15, -0.1) is 0 Å². The highest BCUT2D eigenvalue weighted by atomic mass is 32.2. The second-order valence-corrected chi connectivity index (χ2v) is 10.4. The molecule has 0 spiro atoms. The Morgan fingerprint density at radius 3 is 1.97 bits per heavy atom. The number of hydrogen-bond acceptors (Lipinski definition) is 4. The number of nitrogens with zero attached hydrogens (tertiary/aromatic N) is 1. The van der Waals surface area contributed by atoms with E-state index in [9.17, 15) is 23.1 Å². The van der Waals surface area contributed by atoms with Crippen molar-refractivity contribution < 1.29 is 23.1 Å². The molecule has 3 aromatic rings. The molecule has 0 aliphatic rings. The van der Waals surface area contributed by atoms with Crippen LogP contribution in [0.1, 0.15) is 43.7 Å². The van der Waals surface area contributed by atoms with E-state index in [1.165, 1.54) is 4.90 Å². The zero-order valence-corrected chi connectivity index (χ0v) is 21.1. The van der Waals surface area contributed by atoms with Gasteiger partial charge in [0.25, 0.3) is 5.91 Å². The molecule has 1 amide bonds. The Bertz CT molecular complexity index is 1310. The summed E-state index contributed by atoms with van der Waals surface area (Å²) in [4.78, 5) is 25.9. The first-order valence-corrected chi connectivity index (χ1v) is 12.7. The lowest BCUT2D eigenvalue weighted by Crippen LogP contribution is -2.35. The number of hydrogen-bond donors (Lipinski definition) is 2. The van der Waals surface area contributed by atoms with Gasteiger partial charge in [0, 0.05) is 18.7 Å². The molecule has 0 heterocycles. The third kappa shape index (κ3) is 6.35. The van der Waals surface area contributed by atoms with Gasteiger partial charge in [-0.25, -0.2) is 13.1 Å². The Hall–Kier alpha value is -3.49. The first kappa shape index (κ1) is 26.1. The van der Waals surface area contributed by atoms with Crippen LogP contribution in [0.4, 0.5) is 0 Å². The summed E-state index contributed by atoms with van der Waals surface area (Å²) < 4.78 is 28.8. The lowest BCUT2D eigenvalue weighted by atomic mass is 10.0. The van der Waals surface area contributed by atoms with Gasteiger partial charge < -0.3 is 10.0 Å². The van der Waals surface area contributed by atoms with Gasteiger partial charge in [0.05, 0.1) is 4.90 Å². The summed E-state index contributed by atoms with van der Waals surface area (Å²) in [6.45, 7) is 7.19. The SMILES string of the molecule is Cc1cc(C)c(C)c(S(=O)(=O)NCc2ccc(C(=O)N(CC(=O)O)Cc3ccccc3)cc2)c1C. The van der Waals surface area contributed by atoms with Crippen LogP contribution in [0.15, 0.2) is 65.6 Å². The molecule has 0 bridgehead atoms. The Kier molecular flexibility index (Phi) is 8.09.